The van der Waals surface area contributed by atoms with Gasteiger partial charge in [-0.3, -0.25) is 0 Å². The van der Waals surface area contributed by atoms with E-state index in [4.69, 9.17) is 0 Å². The SMILES string of the molecule is CCCC1CCC(NC)C(CN(CC)C2CCCC2)C1. The van der Waals surface area contributed by atoms with Crippen LogP contribution < -0.4 is 5.32 Å². The molecule has 0 amide bonds. The Morgan fingerprint density at radius 2 is 1.80 bits per heavy atom. The molecular formula is C18H36N2. The van der Waals surface area contributed by atoms with Gasteiger partial charge in [-0.05, 0) is 57.5 Å². The van der Waals surface area contributed by atoms with Gasteiger partial charge in [0, 0.05) is 18.6 Å². The molecule has 0 heterocycles. The highest BCUT2D eigenvalue weighted by Crippen LogP contribution is 2.34. The Kier molecular flexibility index (Phi) is 6.83. The van der Waals surface area contributed by atoms with Gasteiger partial charge in [-0.2, -0.15) is 0 Å². The molecule has 2 rings (SSSR count). The van der Waals surface area contributed by atoms with Crippen LogP contribution in [0.4, 0.5) is 0 Å². The monoisotopic (exact) mass is 280 g/mol. The summed E-state index contributed by atoms with van der Waals surface area (Å²) in [4.78, 5) is 2.80. The summed E-state index contributed by atoms with van der Waals surface area (Å²) in [5.41, 5.74) is 0. The molecule has 2 nitrogen and oxygen atoms in total. The van der Waals surface area contributed by atoms with Crippen molar-refractivity contribution in [3.63, 3.8) is 0 Å². The standard InChI is InChI=1S/C18H36N2/c1-4-8-15-11-12-18(19-3)16(13-15)14-20(5-2)17-9-6-7-10-17/h15-19H,4-14H2,1-3H3. The van der Waals surface area contributed by atoms with Gasteiger partial charge >= 0.3 is 0 Å². The summed E-state index contributed by atoms with van der Waals surface area (Å²) in [5, 5.41) is 3.61. The van der Waals surface area contributed by atoms with E-state index in [1.165, 1.54) is 70.9 Å². The van der Waals surface area contributed by atoms with Crippen molar-refractivity contribution in [2.75, 3.05) is 20.1 Å². The van der Waals surface area contributed by atoms with Crippen LogP contribution in [0.1, 0.15) is 71.6 Å². The van der Waals surface area contributed by atoms with Crippen LogP contribution in [0.3, 0.4) is 0 Å². The van der Waals surface area contributed by atoms with Crippen LogP contribution in [-0.2, 0) is 0 Å². The van der Waals surface area contributed by atoms with Crippen molar-refractivity contribution >= 4 is 0 Å². The van der Waals surface area contributed by atoms with Gasteiger partial charge in [0.25, 0.3) is 0 Å². The lowest BCUT2D eigenvalue weighted by atomic mass is 9.76. The second-order valence-corrected chi connectivity index (χ2v) is 7.15. The van der Waals surface area contributed by atoms with Crippen LogP contribution >= 0.6 is 0 Å². The average Bonchev–Trinajstić information content (AvgIpc) is 2.99. The van der Waals surface area contributed by atoms with Gasteiger partial charge in [0.1, 0.15) is 0 Å². The lowest BCUT2D eigenvalue weighted by Gasteiger charge is -2.40. The van der Waals surface area contributed by atoms with E-state index in [-0.39, 0.29) is 0 Å². The molecule has 0 bridgehead atoms. The molecule has 0 spiro atoms. The van der Waals surface area contributed by atoms with Crippen molar-refractivity contribution in [1.82, 2.24) is 10.2 Å². The highest BCUT2D eigenvalue weighted by atomic mass is 15.2. The van der Waals surface area contributed by atoms with Gasteiger partial charge in [0.05, 0.1) is 0 Å². The van der Waals surface area contributed by atoms with E-state index in [9.17, 15) is 0 Å². The third kappa shape index (κ3) is 4.21. The maximum Gasteiger partial charge on any atom is 0.0105 e. The Morgan fingerprint density at radius 1 is 1.05 bits per heavy atom. The smallest absolute Gasteiger partial charge is 0.0105 e. The molecule has 2 fully saturated rings. The summed E-state index contributed by atoms with van der Waals surface area (Å²) in [6, 6.07) is 1.66. The molecule has 2 saturated carbocycles. The molecule has 0 aromatic heterocycles. The fourth-order valence-electron chi connectivity index (χ4n) is 4.72. The molecule has 3 unspecified atom stereocenters. The summed E-state index contributed by atoms with van der Waals surface area (Å²) < 4.78 is 0. The van der Waals surface area contributed by atoms with Gasteiger partial charge in [0.2, 0.25) is 0 Å². The van der Waals surface area contributed by atoms with Gasteiger partial charge in [0.15, 0.2) is 0 Å². The van der Waals surface area contributed by atoms with Crippen LogP contribution in [-0.4, -0.2) is 37.1 Å². The molecule has 0 aromatic rings. The van der Waals surface area contributed by atoms with E-state index in [1.807, 2.05) is 0 Å². The Balaban J connectivity index is 1.91. The first-order chi connectivity index (χ1) is 9.78. The lowest BCUT2D eigenvalue weighted by molar-refractivity contribution is 0.115. The summed E-state index contributed by atoms with van der Waals surface area (Å²) in [6.07, 6.45) is 12.9. The highest BCUT2D eigenvalue weighted by molar-refractivity contribution is 4.88. The largest absolute Gasteiger partial charge is 0.317 e. The zero-order valence-electron chi connectivity index (χ0n) is 14.0. The van der Waals surface area contributed by atoms with E-state index in [2.05, 4.69) is 31.1 Å². The van der Waals surface area contributed by atoms with Gasteiger partial charge < -0.3 is 10.2 Å². The number of hydrogen-bond acceptors (Lipinski definition) is 2. The van der Waals surface area contributed by atoms with E-state index in [0.29, 0.717) is 0 Å². The van der Waals surface area contributed by atoms with Crippen LogP contribution in [0.5, 0.6) is 0 Å². The van der Waals surface area contributed by atoms with E-state index in [1.54, 1.807) is 0 Å². The van der Waals surface area contributed by atoms with Crippen LogP contribution in [0.2, 0.25) is 0 Å². The first-order valence-corrected chi connectivity index (χ1v) is 9.19. The maximum atomic E-state index is 3.61. The Morgan fingerprint density at radius 3 is 2.40 bits per heavy atom. The number of rotatable bonds is 7. The second kappa shape index (κ2) is 8.38. The number of nitrogens with one attached hydrogen (secondary N) is 1. The molecule has 2 heteroatoms. The zero-order chi connectivity index (χ0) is 14.4. The topological polar surface area (TPSA) is 15.3 Å². The molecule has 2 aliphatic rings. The van der Waals surface area contributed by atoms with Gasteiger partial charge in [-0.25, -0.2) is 0 Å². The minimum atomic E-state index is 0.763. The Hall–Kier alpha value is -0.0800. The van der Waals surface area contributed by atoms with Crippen molar-refractivity contribution in [3.8, 4) is 0 Å². The minimum Gasteiger partial charge on any atom is -0.317 e. The lowest BCUT2D eigenvalue weighted by Crippen LogP contribution is -2.46. The second-order valence-electron chi connectivity index (χ2n) is 7.15. The molecule has 2 aliphatic carbocycles. The molecule has 0 aliphatic heterocycles. The summed E-state index contributed by atoms with van der Waals surface area (Å²) in [5.74, 6) is 1.88. The van der Waals surface area contributed by atoms with Gasteiger partial charge in [-0.1, -0.05) is 39.5 Å². The highest BCUT2D eigenvalue weighted by Gasteiger charge is 2.32. The number of hydrogen-bond donors (Lipinski definition) is 1. The number of nitrogens with zero attached hydrogens (tertiary/aromatic N) is 1. The van der Waals surface area contributed by atoms with Crippen molar-refractivity contribution in [2.24, 2.45) is 11.8 Å². The molecule has 1 N–H and O–H groups in total. The van der Waals surface area contributed by atoms with E-state index >= 15 is 0 Å². The van der Waals surface area contributed by atoms with Crippen molar-refractivity contribution in [1.29, 1.82) is 0 Å². The quantitative estimate of drug-likeness (QED) is 0.756. The molecular weight excluding hydrogens is 244 g/mol. The van der Waals surface area contributed by atoms with Crippen molar-refractivity contribution in [2.45, 2.75) is 83.7 Å². The zero-order valence-corrected chi connectivity index (χ0v) is 14.0. The summed E-state index contributed by atoms with van der Waals surface area (Å²) in [6.45, 7) is 7.29. The minimum absolute atomic E-state index is 0.763. The molecule has 0 aromatic carbocycles. The third-order valence-corrected chi connectivity index (χ3v) is 5.88. The Bertz CT molecular complexity index is 260. The summed E-state index contributed by atoms with van der Waals surface area (Å²) >= 11 is 0. The fourth-order valence-corrected chi connectivity index (χ4v) is 4.72. The fraction of sp³-hybridized carbons (Fsp3) is 1.00. The van der Waals surface area contributed by atoms with Crippen LogP contribution in [0.25, 0.3) is 0 Å². The predicted molar refractivity (Wildman–Crippen MR) is 88.1 cm³/mol. The first-order valence-electron chi connectivity index (χ1n) is 9.19. The molecule has 118 valence electrons. The average molecular weight is 280 g/mol. The molecule has 0 radical (unpaired) electrons. The third-order valence-electron chi connectivity index (χ3n) is 5.88. The first kappa shape index (κ1) is 16.3. The molecule has 3 atom stereocenters. The Labute approximate surface area is 126 Å². The van der Waals surface area contributed by atoms with E-state index < -0.39 is 0 Å². The van der Waals surface area contributed by atoms with Crippen LogP contribution in [0, 0.1) is 11.8 Å². The van der Waals surface area contributed by atoms with Crippen molar-refractivity contribution in [3.05, 3.63) is 0 Å². The normalized spacial score (nSPS) is 32.1. The predicted octanol–water partition coefficient (Wildman–Crippen LogP) is 4.06. The molecule has 20 heavy (non-hydrogen) atoms. The van der Waals surface area contributed by atoms with Crippen LogP contribution in [0.15, 0.2) is 0 Å². The summed E-state index contributed by atoms with van der Waals surface area (Å²) in [7, 11) is 2.17. The molecule has 0 saturated heterocycles. The van der Waals surface area contributed by atoms with Crippen molar-refractivity contribution < 1.29 is 0 Å². The maximum absolute atomic E-state index is 3.61. The van der Waals surface area contributed by atoms with E-state index in [0.717, 1.165) is 23.9 Å². The van der Waals surface area contributed by atoms with Gasteiger partial charge in [-0.15, -0.1) is 0 Å².